The van der Waals surface area contributed by atoms with Gasteiger partial charge in [-0.05, 0) is 37.8 Å². The van der Waals surface area contributed by atoms with Crippen LogP contribution in [0.2, 0.25) is 0 Å². The van der Waals surface area contributed by atoms with Crippen LogP contribution in [0.3, 0.4) is 0 Å². The molecule has 1 amide bonds. The van der Waals surface area contributed by atoms with Crippen LogP contribution in [0.1, 0.15) is 41.9 Å². The Morgan fingerprint density at radius 1 is 1.33 bits per heavy atom. The van der Waals surface area contributed by atoms with E-state index in [1.807, 2.05) is 28.8 Å². The molecule has 27 heavy (non-hydrogen) atoms. The van der Waals surface area contributed by atoms with Crippen molar-refractivity contribution in [2.45, 2.75) is 38.3 Å². The van der Waals surface area contributed by atoms with E-state index in [4.69, 9.17) is 9.26 Å². The van der Waals surface area contributed by atoms with E-state index >= 15 is 0 Å². The van der Waals surface area contributed by atoms with Crippen LogP contribution >= 0.6 is 0 Å². The lowest BCUT2D eigenvalue weighted by Gasteiger charge is -2.24. The number of aromatic nitrogens is 3. The molecule has 1 aliphatic rings. The highest BCUT2D eigenvalue weighted by Crippen LogP contribution is 2.17. The second-order valence-electron chi connectivity index (χ2n) is 7.04. The molecule has 0 bridgehead atoms. The maximum atomic E-state index is 12.6. The zero-order valence-electron chi connectivity index (χ0n) is 15.5. The molecule has 1 fully saturated rings. The molecule has 1 aromatic carbocycles. The number of rotatable bonds is 6. The minimum absolute atomic E-state index is 0.128. The fourth-order valence-electron chi connectivity index (χ4n) is 3.46. The van der Waals surface area contributed by atoms with Crippen molar-refractivity contribution in [3.63, 3.8) is 0 Å². The fourth-order valence-corrected chi connectivity index (χ4v) is 3.46. The standard InChI is InChI=1S/C20H24N4O3/c1-23(10-9-15-6-4-5-11-26-15)20(25)18-12-16(27-22-18)13-24-14-21-17-7-2-3-8-19(17)24/h2-3,7-8,12,14-15H,4-6,9-11,13H2,1H3/t15-/m1/s1. The largest absolute Gasteiger partial charge is 0.378 e. The Morgan fingerprint density at radius 2 is 2.22 bits per heavy atom. The van der Waals surface area contributed by atoms with E-state index in [0.29, 0.717) is 24.5 Å². The van der Waals surface area contributed by atoms with Crippen LogP contribution in [-0.2, 0) is 11.3 Å². The number of ether oxygens (including phenoxy) is 1. The van der Waals surface area contributed by atoms with Gasteiger partial charge in [-0.3, -0.25) is 4.79 Å². The van der Waals surface area contributed by atoms with Crippen molar-refractivity contribution in [2.24, 2.45) is 0 Å². The van der Waals surface area contributed by atoms with E-state index in [1.165, 1.54) is 6.42 Å². The molecule has 4 rings (SSSR count). The number of fused-ring (bicyclic) bond motifs is 1. The van der Waals surface area contributed by atoms with Crippen molar-refractivity contribution in [2.75, 3.05) is 20.2 Å². The van der Waals surface area contributed by atoms with Crippen LogP contribution < -0.4 is 0 Å². The topological polar surface area (TPSA) is 73.4 Å². The van der Waals surface area contributed by atoms with E-state index in [0.717, 1.165) is 36.9 Å². The minimum Gasteiger partial charge on any atom is -0.378 e. The van der Waals surface area contributed by atoms with Crippen LogP contribution in [0.5, 0.6) is 0 Å². The zero-order valence-corrected chi connectivity index (χ0v) is 15.5. The Balaban J connectivity index is 1.37. The number of amides is 1. The predicted molar refractivity (Wildman–Crippen MR) is 101 cm³/mol. The third kappa shape index (κ3) is 4.03. The van der Waals surface area contributed by atoms with Crippen molar-refractivity contribution in [3.05, 3.63) is 48.1 Å². The molecule has 2 aromatic heterocycles. The fraction of sp³-hybridized carbons (Fsp3) is 0.450. The third-order valence-corrected chi connectivity index (χ3v) is 5.04. The SMILES string of the molecule is CN(CC[C@H]1CCCCO1)C(=O)c1cc(Cn2cnc3ccccc32)on1. The monoisotopic (exact) mass is 368 g/mol. The molecule has 0 unspecified atom stereocenters. The first-order chi connectivity index (χ1) is 13.2. The molecule has 1 saturated heterocycles. The highest BCUT2D eigenvalue weighted by molar-refractivity contribution is 5.92. The summed E-state index contributed by atoms with van der Waals surface area (Å²) < 4.78 is 13.1. The highest BCUT2D eigenvalue weighted by Gasteiger charge is 2.20. The Hall–Kier alpha value is -2.67. The summed E-state index contributed by atoms with van der Waals surface area (Å²) in [6.07, 6.45) is 6.31. The third-order valence-electron chi connectivity index (χ3n) is 5.04. The van der Waals surface area contributed by atoms with Crippen molar-refractivity contribution in [1.82, 2.24) is 19.6 Å². The first-order valence-electron chi connectivity index (χ1n) is 9.43. The summed E-state index contributed by atoms with van der Waals surface area (Å²) in [5.41, 5.74) is 2.28. The molecule has 0 saturated carbocycles. The van der Waals surface area contributed by atoms with Crippen molar-refractivity contribution in [3.8, 4) is 0 Å². The first-order valence-corrected chi connectivity index (χ1v) is 9.43. The van der Waals surface area contributed by atoms with Gasteiger partial charge in [0.1, 0.15) is 0 Å². The smallest absolute Gasteiger partial charge is 0.275 e. The molecule has 0 spiro atoms. The molecule has 3 aromatic rings. The molecule has 0 radical (unpaired) electrons. The summed E-state index contributed by atoms with van der Waals surface area (Å²) in [7, 11) is 1.79. The summed E-state index contributed by atoms with van der Waals surface area (Å²) >= 11 is 0. The van der Waals surface area contributed by atoms with Gasteiger partial charge >= 0.3 is 0 Å². The van der Waals surface area contributed by atoms with Gasteiger partial charge in [0.25, 0.3) is 5.91 Å². The summed E-state index contributed by atoms with van der Waals surface area (Å²) in [4.78, 5) is 18.6. The molecule has 0 N–H and O–H groups in total. The minimum atomic E-state index is -0.128. The zero-order chi connectivity index (χ0) is 18.6. The molecule has 1 aliphatic heterocycles. The Kier molecular flexibility index (Phi) is 5.20. The number of carbonyl (C=O) groups is 1. The van der Waals surface area contributed by atoms with E-state index in [1.54, 1.807) is 24.3 Å². The van der Waals surface area contributed by atoms with Gasteiger partial charge in [-0.2, -0.15) is 0 Å². The van der Waals surface area contributed by atoms with Gasteiger partial charge in [0, 0.05) is 26.3 Å². The predicted octanol–water partition coefficient (Wildman–Crippen LogP) is 3.10. The molecular formula is C20H24N4O3. The number of para-hydroxylation sites is 2. The average Bonchev–Trinajstić information content (AvgIpc) is 3.34. The van der Waals surface area contributed by atoms with E-state index in [9.17, 15) is 4.79 Å². The second kappa shape index (κ2) is 7.92. The number of hydrogen-bond acceptors (Lipinski definition) is 5. The van der Waals surface area contributed by atoms with Gasteiger partial charge in [0.05, 0.1) is 30.0 Å². The van der Waals surface area contributed by atoms with Crippen molar-refractivity contribution in [1.29, 1.82) is 0 Å². The second-order valence-corrected chi connectivity index (χ2v) is 7.04. The quantitative estimate of drug-likeness (QED) is 0.668. The lowest BCUT2D eigenvalue weighted by Crippen LogP contribution is -2.31. The average molecular weight is 368 g/mol. The maximum absolute atomic E-state index is 12.6. The van der Waals surface area contributed by atoms with Crippen molar-refractivity contribution >= 4 is 16.9 Å². The van der Waals surface area contributed by atoms with Gasteiger partial charge in [-0.15, -0.1) is 0 Å². The lowest BCUT2D eigenvalue weighted by molar-refractivity contribution is 0.00703. The molecule has 7 nitrogen and oxygen atoms in total. The molecule has 0 aliphatic carbocycles. The van der Waals surface area contributed by atoms with E-state index < -0.39 is 0 Å². The summed E-state index contributed by atoms with van der Waals surface area (Å²) in [5, 5.41) is 3.96. The van der Waals surface area contributed by atoms with Crippen LogP contribution in [0.4, 0.5) is 0 Å². The summed E-state index contributed by atoms with van der Waals surface area (Å²) in [5.74, 6) is 0.502. The molecule has 1 atom stereocenters. The Morgan fingerprint density at radius 3 is 3.07 bits per heavy atom. The number of carbonyl (C=O) groups excluding carboxylic acids is 1. The van der Waals surface area contributed by atoms with Crippen LogP contribution in [0.15, 0.2) is 41.2 Å². The van der Waals surface area contributed by atoms with Gasteiger partial charge in [-0.1, -0.05) is 17.3 Å². The molecule has 3 heterocycles. The Bertz CT molecular complexity index is 911. The van der Waals surface area contributed by atoms with Crippen LogP contribution in [0, 0.1) is 0 Å². The maximum Gasteiger partial charge on any atom is 0.275 e. The number of nitrogens with zero attached hydrogens (tertiary/aromatic N) is 4. The first kappa shape index (κ1) is 17.7. The normalized spacial score (nSPS) is 17.3. The van der Waals surface area contributed by atoms with E-state index in [2.05, 4.69) is 10.1 Å². The number of benzene rings is 1. The molecule has 142 valence electrons. The van der Waals surface area contributed by atoms with Gasteiger partial charge in [0.2, 0.25) is 0 Å². The van der Waals surface area contributed by atoms with Crippen LogP contribution in [0.25, 0.3) is 11.0 Å². The van der Waals surface area contributed by atoms with E-state index in [-0.39, 0.29) is 12.0 Å². The summed E-state index contributed by atoms with van der Waals surface area (Å²) in [6, 6.07) is 9.61. The lowest BCUT2D eigenvalue weighted by atomic mass is 10.1. The summed E-state index contributed by atoms with van der Waals surface area (Å²) in [6.45, 7) is 1.97. The molecular weight excluding hydrogens is 344 g/mol. The number of imidazole rings is 1. The van der Waals surface area contributed by atoms with Gasteiger partial charge in [0.15, 0.2) is 11.5 Å². The van der Waals surface area contributed by atoms with Crippen LogP contribution in [-0.4, -0.2) is 51.8 Å². The Labute approximate surface area is 157 Å². The van der Waals surface area contributed by atoms with Gasteiger partial charge < -0.3 is 18.7 Å². The van der Waals surface area contributed by atoms with Crippen molar-refractivity contribution < 1.29 is 14.1 Å². The molecule has 7 heteroatoms. The van der Waals surface area contributed by atoms with Gasteiger partial charge in [-0.25, -0.2) is 4.98 Å². The highest BCUT2D eigenvalue weighted by atomic mass is 16.5. The number of hydrogen-bond donors (Lipinski definition) is 0.